The van der Waals surface area contributed by atoms with Crippen LogP contribution in [0.15, 0.2) is 24.5 Å². The Hall–Kier alpha value is -2.30. The molecule has 3 rings (SSSR count). The van der Waals surface area contributed by atoms with Gasteiger partial charge in [-0.1, -0.05) is 6.07 Å². The molecule has 1 aromatic heterocycles. The number of nitrogens with one attached hydrogen (secondary N) is 2. The third kappa shape index (κ3) is 2.63. The minimum Gasteiger partial charge on any atom is -0.314 e. The Bertz CT molecular complexity index is 656. The van der Waals surface area contributed by atoms with Crippen molar-refractivity contribution in [3.05, 3.63) is 47.0 Å². The van der Waals surface area contributed by atoms with E-state index in [2.05, 4.69) is 42.0 Å². The summed E-state index contributed by atoms with van der Waals surface area (Å²) in [6, 6.07) is 6.35. The van der Waals surface area contributed by atoms with Gasteiger partial charge in [-0.3, -0.25) is 4.90 Å². The van der Waals surface area contributed by atoms with Crippen LogP contribution in [0.25, 0.3) is 0 Å². The third-order valence-electron chi connectivity index (χ3n) is 3.95. The Labute approximate surface area is 124 Å². The van der Waals surface area contributed by atoms with Crippen LogP contribution >= 0.6 is 0 Å². The molecule has 2 amide bonds. The SMILES string of the molecule is Cc1cc(C)cc(N2CCN(Cc3[nH+]c[nH]c3C)C2=O)c1. The normalized spacial score (nSPS) is 15.1. The summed E-state index contributed by atoms with van der Waals surface area (Å²) in [4.78, 5) is 22.6. The highest BCUT2D eigenvalue weighted by Gasteiger charge is 2.31. The first-order valence-corrected chi connectivity index (χ1v) is 7.24. The maximum atomic E-state index is 12.6. The highest BCUT2D eigenvalue weighted by Crippen LogP contribution is 2.23. The monoisotopic (exact) mass is 285 g/mol. The lowest BCUT2D eigenvalue weighted by Gasteiger charge is -2.18. The highest BCUT2D eigenvalue weighted by atomic mass is 16.2. The van der Waals surface area contributed by atoms with Crippen LogP contribution < -0.4 is 9.88 Å². The minimum atomic E-state index is 0.0778. The molecule has 1 aromatic carbocycles. The fraction of sp³-hybridized carbons (Fsp3) is 0.375. The van der Waals surface area contributed by atoms with E-state index >= 15 is 0 Å². The number of amides is 2. The largest absolute Gasteiger partial charge is 0.325 e. The summed E-state index contributed by atoms with van der Waals surface area (Å²) < 4.78 is 0. The number of hydrogen-bond acceptors (Lipinski definition) is 1. The Balaban J connectivity index is 1.78. The van der Waals surface area contributed by atoms with E-state index in [4.69, 9.17) is 0 Å². The second-order valence-corrected chi connectivity index (χ2v) is 5.74. The number of aromatic amines is 2. The van der Waals surface area contributed by atoms with Crippen molar-refractivity contribution in [1.82, 2.24) is 9.88 Å². The number of imidazole rings is 1. The van der Waals surface area contributed by atoms with E-state index in [1.807, 2.05) is 16.7 Å². The Morgan fingerprint density at radius 1 is 1.14 bits per heavy atom. The molecular weight excluding hydrogens is 264 g/mol. The van der Waals surface area contributed by atoms with E-state index in [0.29, 0.717) is 6.54 Å². The van der Waals surface area contributed by atoms with Crippen LogP contribution in [0, 0.1) is 20.8 Å². The van der Waals surface area contributed by atoms with Crippen molar-refractivity contribution in [2.24, 2.45) is 0 Å². The molecule has 1 saturated heterocycles. The van der Waals surface area contributed by atoms with Crippen molar-refractivity contribution in [2.45, 2.75) is 27.3 Å². The van der Waals surface area contributed by atoms with Crippen molar-refractivity contribution < 1.29 is 9.78 Å². The Morgan fingerprint density at radius 3 is 2.48 bits per heavy atom. The van der Waals surface area contributed by atoms with Gasteiger partial charge >= 0.3 is 6.03 Å². The number of hydrogen-bond donors (Lipinski definition) is 1. The summed E-state index contributed by atoms with van der Waals surface area (Å²) in [7, 11) is 0. The van der Waals surface area contributed by atoms with Gasteiger partial charge in [0.15, 0.2) is 5.69 Å². The number of aromatic nitrogens is 2. The lowest BCUT2D eigenvalue weighted by atomic mass is 10.1. The molecule has 1 aliphatic heterocycles. The average Bonchev–Trinajstić information content (AvgIpc) is 2.97. The van der Waals surface area contributed by atoms with Gasteiger partial charge in [-0.2, -0.15) is 0 Å². The summed E-state index contributed by atoms with van der Waals surface area (Å²) in [5.74, 6) is 0. The smallest absolute Gasteiger partial charge is 0.314 e. The molecule has 110 valence electrons. The fourth-order valence-corrected chi connectivity index (χ4v) is 2.86. The predicted molar refractivity (Wildman–Crippen MR) is 81.2 cm³/mol. The molecule has 0 saturated carbocycles. The number of H-pyrrole nitrogens is 2. The molecule has 2 heterocycles. The molecule has 1 fully saturated rings. The molecule has 21 heavy (non-hydrogen) atoms. The van der Waals surface area contributed by atoms with Crippen molar-refractivity contribution >= 4 is 11.7 Å². The van der Waals surface area contributed by atoms with Gasteiger partial charge in [0.05, 0.1) is 6.54 Å². The van der Waals surface area contributed by atoms with Gasteiger partial charge < -0.3 is 4.90 Å². The number of carbonyl (C=O) groups is 1. The van der Waals surface area contributed by atoms with Gasteiger partial charge in [-0.15, -0.1) is 0 Å². The molecule has 0 spiro atoms. The van der Waals surface area contributed by atoms with Gasteiger partial charge in [0.2, 0.25) is 6.33 Å². The molecular formula is C16H21N4O+. The van der Waals surface area contributed by atoms with Gasteiger partial charge in [0.1, 0.15) is 5.69 Å². The summed E-state index contributed by atoms with van der Waals surface area (Å²) in [5.41, 5.74) is 5.50. The lowest BCUT2D eigenvalue weighted by molar-refractivity contribution is -0.389. The summed E-state index contributed by atoms with van der Waals surface area (Å²) in [5, 5.41) is 0. The van der Waals surface area contributed by atoms with E-state index in [9.17, 15) is 4.79 Å². The highest BCUT2D eigenvalue weighted by molar-refractivity contribution is 5.94. The van der Waals surface area contributed by atoms with E-state index < -0.39 is 0 Å². The number of benzene rings is 1. The number of nitrogens with zero attached hydrogens (tertiary/aromatic N) is 2. The Morgan fingerprint density at radius 2 is 1.86 bits per heavy atom. The zero-order chi connectivity index (χ0) is 15.0. The molecule has 2 N–H and O–H groups in total. The second kappa shape index (κ2) is 5.24. The van der Waals surface area contributed by atoms with Crippen LogP contribution in [0.5, 0.6) is 0 Å². The first-order chi connectivity index (χ1) is 10.0. The molecule has 0 atom stereocenters. The van der Waals surface area contributed by atoms with Gasteiger partial charge in [0.25, 0.3) is 0 Å². The number of rotatable bonds is 3. The van der Waals surface area contributed by atoms with Gasteiger partial charge in [-0.25, -0.2) is 14.8 Å². The van der Waals surface area contributed by atoms with E-state index in [0.717, 1.165) is 30.2 Å². The van der Waals surface area contributed by atoms with Crippen molar-refractivity contribution in [1.29, 1.82) is 0 Å². The second-order valence-electron chi connectivity index (χ2n) is 5.74. The predicted octanol–water partition coefficient (Wildman–Crippen LogP) is 2.20. The average molecular weight is 285 g/mol. The quantitative estimate of drug-likeness (QED) is 0.923. The molecule has 0 aliphatic carbocycles. The number of aryl methyl sites for hydroxylation is 3. The van der Waals surface area contributed by atoms with Gasteiger partial charge in [0, 0.05) is 25.7 Å². The maximum Gasteiger partial charge on any atom is 0.325 e. The fourth-order valence-electron chi connectivity index (χ4n) is 2.86. The maximum absolute atomic E-state index is 12.6. The van der Waals surface area contributed by atoms with Crippen LogP contribution in [-0.2, 0) is 6.54 Å². The standard InChI is InChI=1S/C16H20N4O/c1-11-6-12(2)8-14(7-11)20-5-4-19(16(20)21)9-15-13(3)17-10-18-15/h6-8,10H,4-5,9H2,1-3H3,(H,17,18)/p+1. The summed E-state index contributed by atoms with van der Waals surface area (Å²) >= 11 is 0. The van der Waals surface area contributed by atoms with Gasteiger partial charge in [-0.05, 0) is 37.1 Å². The van der Waals surface area contributed by atoms with Crippen LogP contribution in [0.2, 0.25) is 0 Å². The lowest BCUT2D eigenvalue weighted by Crippen LogP contribution is -2.32. The van der Waals surface area contributed by atoms with Crippen molar-refractivity contribution in [3.63, 3.8) is 0 Å². The molecule has 2 aromatic rings. The summed E-state index contributed by atoms with van der Waals surface area (Å²) in [6.45, 7) is 8.25. The summed E-state index contributed by atoms with van der Waals surface area (Å²) in [6.07, 6.45) is 1.80. The van der Waals surface area contributed by atoms with Crippen LogP contribution in [0.3, 0.4) is 0 Å². The molecule has 0 unspecified atom stereocenters. The molecule has 0 bridgehead atoms. The van der Waals surface area contributed by atoms with E-state index in [1.165, 1.54) is 11.1 Å². The van der Waals surface area contributed by atoms with Crippen molar-refractivity contribution in [2.75, 3.05) is 18.0 Å². The van der Waals surface area contributed by atoms with Crippen LogP contribution in [-0.4, -0.2) is 29.0 Å². The third-order valence-corrected chi connectivity index (χ3v) is 3.95. The first kappa shape index (κ1) is 13.7. The molecule has 5 nitrogen and oxygen atoms in total. The van der Waals surface area contributed by atoms with E-state index in [-0.39, 0.29) is 6.03 Å². The zero-order valence-corrected chi connectivity index (χ0v) is 12.7. The number of anilines is 1. The molecule has 0 radical (unpaired) electrons. The number of carbonyl (C=O) groups excluding carboxylic acids is 1. The molecule has 1 aliphatic rings. The van der Waals surface area contributed by atoms with Crippen molar-refractivity contribution in [3.8, 4) is 0 Å². The topological polar surface area (TPSA) is 53.5 Å². The first-order valence-electron chi connectivity index (χ1n) is 7.24. The minimum absolute atomic E-state index is 0.0778. The van der Waals surface area contributed by atoms with E-state index in [1.54, 1.807) is 6.33 Å². The van der Waals surface area contributed by atoms with Crippen LogP contribution in [0.4, 0.5) is 10.5 Å². The zero-order valence-electron chi connectivity index (χ0n) is 12.7. The van der Waals surface area contributed by atoms with Crippen LogP contribution in [0.1, 0.15) is 22.5 Å². The molecule has 5 heteroatoms. The Kier molecular flexibility index (Phi) is 3.41. The number of urea groups is 1.